The summed E-state index contributed by atoms with van der Waals surface area (Å²) in [5.41, 5.74) is 5.62. The summed E-state index contributed by atoms with van der Waals surface area (Å²) in [5.74, 6) is 0.620. The van der Waals surface area contributed by atoms with Gasteiger partial charge in [0.15, 0.2) is 0 Å². The minimum absolute atomic E-state index is 0. The second-order valence-electron chi connectivity index (χ2n) is 2.48. The maximum atomic E-state index is 5.62. The number of hydrogen-bond donors (Lipinski definition) is 1. The van der Waals surface area contributed by atoms with E-state index in [4.69, 9.17) is 10.5 Å². The Morgan fingerprint density at radius 2 is 2.33 bits per heavy atom. The Hall–Kier alpha value is 0.210. The first-order chi connectivity index (χ1) is 3.80. The molecule has 1 saturated heterocycles. The number of hydrogen-bond acceptors (Lipinski definition) is 2. The number of ether oxygens (including phenoxy) is 1. The molecule has 2 unspecified atom stereocenters. The van der Waals surface area contributed by atoms with Gasteiger partial charge in [0.05, 0.1) is 6.61 Å². The highest BCUT2D eigenvalue weighted by Crippen LogP contribution is 2.14. The summed E-state index contributed by atoms with van der Waals surface area (Å²) < 4.78 is 5.14. The lowest BCUT2D eigenvalue weighted by atomic mass is 10.0. The van der Waals surface area contributed by atoms with Crippen LogP contribution in [0.5, 0.6) is 0 Å². The molecule has 0 aromatic carbocycles. The summed E-state index contributed by atoms with van der Waals surface area (Å²) in [6.45, 7) is 3.82. The zero-order valence-corrected chi connectivity index (χ0v) is 6.49. The molecule has 1 heterocycles. The summed E-state index contributed by atoms with van der Waals surface area (Å²) in [5, 5.41) is 0. The molecule has 56 valence electrons. The molecule has 2 N–H and O–H groups in total. The minimum atomic E-state index is 0. The molecule has 1 rings (SSSR count). The molecule has 0 radical (unpaired) electrons. The third-order valence-corrected chi connectivity index (χ3v) is 1.71. The van der Waals surface area contributed by atoms with Crippen LogP contribution in [0.1, 0.15) is 13.3 Å². The van der Waals surface area contributed by atoms with Gasteiger partial charge in [0.1, 0.15) is 0 Å². The van der Waals surface area contributed by atoms with E-state index in [-0.39, 0.29) is 12.4 Å². The van der Waals surface area contributed by atoms with E-state index in [0.29, 0.717) is 12.0 Å². The molecule has 0 amide bonds. The van der Waals surface area contributed by atoms with Crippen LogP contribution in [0, 0.1) is 5.92 Å². The van der Waals surface area contributed by atoms with E-state index < -0.39 is 0 Å². The van der Waals surface area contributed by atoms with Gasteiger partial charge in [-0.2, -0.15) is 0 Å². The van der Waals surface area contributed by atoms with Crippen molar-refractivity contribution in [1.29, 1.82) is 0 Å². The van der Waals surface area contributed by atoms with E-state index in [1.165, 1.54) is 0 Å². The van der Waals surface area contributed by atoms with E-state index >= 15 is 0 Å². The fourth-order valence-electron chi connectivity index (χ4n) is 0.967. The third-order valence-electron chi connectivity index (χ3n) is 1.71. The van der Waals surface area contributed by atoms with Crippen molar-refractivity contribution >= 4 is 12.4 Å². The predicted molar refractivity (Wildman–Crippen MR) is 39.8 cm³/mol. The van der Waals surface area contributed by atoms with Crippen molar-refractivity contribution < 1.29 is 4.74 Å². The molecule has 3 heteroatoms. The summed E-state index contributed by atoms with van der Waals surface area (Å²) in [7, 11) is 0. The molecule has 9 heavy (non-hydrogen) atoms. The van der Waals surface area contributed by atoms with E-state index in [0.717, 1.165) is 19.6 Å². The van der Waals surface area contributed by atoms with Gasteiger partial charge < -0.3 is 10.5 Å². The van der Waals surface area contributed by atoms with Gasteiger partial charge in [-0.05, 0) is 19.3 Å². The second-order valence-corrected chi connectivity index (χ2v) is 2.48. The zero-order valence-electron chi connectivity index (χ0n) is 5.67. The van der Waals surface area contributed by atoms with Gasteiger partial charge in [0.2, 0.25) is 0 Å². The van der Waals surface area contributed by atoms with Crippen LogP contribution in [-0.2, 0) is 4.74 Å². The molecule has 1 aliphatic heterocycles. The third kappa shape index (κ3) is 2.52. The lowest BCUT2D eigenvalue weighted by Crippen LogP contribution is -2.26. The van der Waals surface area contributed by atoms with Gasteiger partial charge in [-0.1, -0.05) is 0 Å². The van der Waals surface area contributed by atoms with Crippen LogP contribution in [0.3, 0.4) is 0 Å². The van der Waals surface area contributed by atoms with E-state index in [9.17, 15) is 0 Å². The Labute approximate surface area is 62.2 Å². The standard InChI is InChI=1S/C6H13NO.ClH/c1-5(7)6-2-3-8-4-6;/h5-6H,2-4,7H2,1H3;1H. The molecular weight excluding hydrogens is 138 g/mol. The van der Waals surface area contributed by atoms with Crippen LogP contribution in [0.25, 0.3) is 0 Å². The summed E-state index contributed by atoms with van der Waals surface area (Å²) in [4.78, 5) is 0. The average molecular weight is 152 g/mol. The van der Waals surface area contributed by atoms with E-state index in [1.54, 1.807) is 0 Å². The highest BCUT2D eigenvalue weighted by atomic mass is 35.5. The number of rotatable bonds is 1. The highest BCUT2D eigenvalue weighted by Gasteiger charge is 2.18. The maximum absolute atomic E-state index is 5.62. The van der Waals surface area contributed by atoms with Gasteiger partial charge >= 0.3 is 0 Å². The molecule has 0 bridgehead atoms. The van der Waals surface area contributed by atoms with Crippen molar-refractivity contribution in [2.45, 2.75) is 19.4 Å². The molecule has 1 fully saturated rings. The van der Waals surface area contributed by atoms with Gasteiger partial charge in [-0.15, -0.1) is 12.4 Å². The Balaban J connectivity index is 0.000000640. The molecule has 0 aromatic heterocycles. The van der Waals surface area contributed by atoms with Crippen molar-refractivity contribution in [3.05, 3.63) is 0 Å². The predicted octanol–water partition coefficient (Wildman–Crippen LogP) is 0.792. The molecule has 0 aliphatic carbocycles. The van der Waals surface area contributed by atoms with Gasteiger partial charge in [-0.25, -0.2) is 0 Å². The number of halogens is 1. The maximum Gasteiger partial charge on any atom is 0.0509 e. The molecule has 2 atom stereocenters. The molecule has 1 aliphatic rings. The normalized spacial score (nSPS) is 29.3. The van der Waals surface area contributed by atoms with Crippen molar-refractivity contribution in [2.24, 2.45) is 11.7 Å². The van der Waals surface area contributed by atoms with Crippen LogP contribution in [0.2, 0.25) is 0 Å². The first-order valence-corrected chi connectivity index (χ1v) is 3.14. The van der Waals surface area contributed by atoms with Crippen molar-refractivity contribution in [3.8, 4) is 0 Å². The molecule has 2 nitrogen and oxygen atoms in total. The Bertz CT molecular complexity index is 71.5. The van der Waals surface area contributed by atoms with Gasteiger partial charge in [-0.3, -0.25) is 0 Å². The first-order valence-electron chi connectivity index (χ1n) is 3.14. The SMILES string of the molecule is CC(N)C1CCOC1.Cl. The van der Waals surface area contributed by atoms with Crippen molar-refractivity contribution in [1.82, 2.24) is 0 Å². The fourth-order valence-corrected chi connectivity index (χ4v) is 0.967. The van der Waals surface area contributed by atoms with E-state index in [1.807, 2.05) is 6.92 Å². The Morgan fingerprint density at radius 3 is 2.56 bits per heavy atom. The van der Waals surface area contributed by atoms with Crippen LogP contribution in [0.4, 0.5) is 0 Å². The monoisotopic (exact) mass is 151 g/mol. The van der Waals surface area contributed by atoms with Crippen LogP contribution >= 0.6 is 12.4 Å². The quantitative estimate of drug-likeness (QED) is 0.602. The first kappa shape index (κ1) is 9.21. The highest BCUT2D eigenvalue weighted by molar-refractivity contribution is 5.85. The molecule has 0 aromatic rings. The van der Waals surface area contributed by atoms with Crippen LogP contribution in [-0.4, -0.2) is 19.3 Å². The van der Waals surface area contributed by atoms with Crippen molar-refractivity contribution in [3.63, 3.8) is 0 Å². The van der Waals surface area contributed by atoms with Gasteiger partial charge in [0.25, 0.3) is 0 Å². The van der Waals surface area contributed by atoms with Crippen LogP contribution < -0.4 is 5.73 Å². The summed E-state index contributed by atoms with van der Waals surface area (Å²) in [6, 6.07) is 0.317. The Kier molecular flexibility index (Phi) is 4.19. The van der Waals surface area contributed by atoms with Gasteiger partial charge in [0, 0.05) is 12.6 Å². The molecule has 0 saturated carbocycles. The Morgan fingerprint density at radius 1 is 1.67 bits per heavy atom. The molecular formula is C6H14ClNO. The fraction of sp³-hybridized carbons (Fsp3) is 1.00. The topological polar surface area (TPSA) is 35.2 Å². The second kappa shape index (κ2) is 4.09. The minimum Gasteiger partial charge on any atom is -0.381 e. The summed E-state index contributed by atoms with van der Waals surface area (Å²) in [6.07, 6.45) is 1.15. The average Bonchev–Trinajstić information content (AvgIpc) is 2.12. The van der Waals surface area contributed by atoms with Crippen LogP contribution in [0.15, 0.2) is 0 Å². The van der Waals surface area contributed by atoms with Crippen molar-refractivity contribution in [2.75, 3.05) is 13.2 Å². The lowest BCUT2D eigenvalue weighted by Gasteiger charge is -2.09. The summed E-state index contributed by atoms with van der Waals surface area (Å²) >= 11 is 0. The zero-order chi connectivity index (χ0) is 5.98. The number of nitrogens with two attached hydrogens (primary N) is 1. The van der Waals surface area contributed by atoms with E-state index in [2.05, 4.69) is 0 Å². The largest absolute Gasteiger partial charge is 0.381 e. The smallest absolute Gasteiger partial charge is 0.0509 e. The molecule has 0 spiro atoms. The lowest BCUT2D eigenvalue weighted by molar-refractivity contribution is 0.182.